The van der Waals surface area contributed by atoms with Crippen LogP contribution in [0.1, 0.15) is 30.2 Å². The Morgan fingerprint density at radius 3 is 2.50 bits per heavy atom. The highest BCUT2D eigenvalue weighted by atomic mass is 35.5. The molecule has 2 rings (SSSR count). The van der Waals surface area contributed by atoms with E-state index in [0.717, 1.165) is 21.0 Å². The average Bonchev–Trinajstić information content (AvgIpc) is 2.70. The molecular weight excluding hydrogens is 262 g/mol. The summed E-state index contributed by atoms with van der Waals surface area (Å²) in [7, 11) is 0. The molecule has 1 aromatic heterocycles. The second-order valence-corrected chi connectivity index (χ2v) is 6.14. The lowest BCUT2D eigenvalue weighted by atomic mass is 10.1. The van der Waals surface area contributed by atoms with Crippen LogP contribution in [0.2, 0.25) is 5.02 Å². The van der Waals surface area contributed by atoms with Gasteiger partial charge in [-0.25, -0.2) is 4.85 Å². The van der Waals surface area contributed by atoms with E-state index in [9.17, 15) is 0 Å². The smallest absolute Gasteiger partial charge is 0.188 e. The molecule has 1 aromatic carbocycles. The van der Waals surface area contributed by atoms with E-state index in [1.165, 1.54) is 4.88 Å². The van der Waals surface area contributed by atoms with Crippen molar-refractivity contribution in [2.75, 3.05) is 0 Å². The molecule has 0 amide bonds. The fourth-order valence-corrected chi connectivity index (χ4v) is 3.44. The zero-order valence-corrected chi connectivity index (χ0v) is 12.2. The molecule has 0 bridgehead atoms. The van der Waals surface area contributed by atoms with Crippen molar-refractivity contribution in [3.05, 3.63) is 51.1 Å². The number of rotatable bonds is 2. The van der Waals surface area contributed by atoms with E-state index in [1.807, 2.05) is 25.1 Å². The lowest BCUT2D eigenvalue weighted by molar-refractivity contribution is 0.890. The number of aryl methyl sites for hydroxylation is 1. The van der Waals surface area contributed by atoms with E-state index in [1.54, 1.807) is 11.3 Å². The zero-order valence-electron chi connectivity index (χ0n) is 10.6. The van der Waals surface area contributed by atoms with Crippen LogP contribution in [0, 0.1) is 13.5 Å². The van der Waals surface area contributed by atoms with Gasteiger partial charge in [0.1, 0.15) is 0 Å². The normalized spacial score (nSPS) is 10.7. The maximum atomic E-state index is 7.12. The molecule has 2 aromatic rings. The van der Waals surface area contributed by atoms with Gasteiger partial charge in [-0.3, -0.25) is 0 Å². The molecule has 0 aliphatic rings. The molecule has 0 fully saturated rings. The van der Waals surface area contributed by atoms with Crippen LogP contribution in [0.5, 0.6) is 0 Å². The van der Waals surface area contributed by atoms with Crippen LogP contribution in [-0.2, 0) is 0 Å². The number of benzene rings is 1. The summed E-state index contributed by atoms with van der Waals surface area (Å²) in [5.74, 6) is 0.432. The largest absolute Gasteiger partial charge is 0.238 e. The molecule has 0 unspecified atom stereocenters. The third kappa shape index (κ3) is 2.58. The van der Waals surface area contributed by atoms with Crippen LogP contribution in [-0.4, -0.2) is 0 Å². The van der Waals surface area contributed by atoms with E-state index < -0.39 is 0 Å². The Hall–Kier alpha value is -1.30. The van der Waals surface area contributed by atoms with Gasteiger partial charge in [-0.2, -0.15) is 0 Å². The van der Waals surface area contributed by atoms with Crippen molar-refractivity contribution in [2.45, 2.75) is 26.7 Å². The highest BCUT2D eigenvalue weighted by Gasteiger charge is 2.12. The molecule has 92 valence electrons. The maximum absolute atomic E-state index is 7.12. The Bertz CT molecular complexity index is 620. The number of hydrogen-bond donors (Lipinski definition) is 0. The number of nitrogens with zero attached hydrogens (tertiary/aromatic N) is 1. The van der Waals surface area contributed by atoms with Crippen molar-refractivity contribution in [3.63, 3.8) is 0 Å². The summed E-state index contributed by atoms with van der Waals surface area (Å²) in [6.45, 7) is 13.4. The van der Waals surface area contributed by atoms with Gasteiger partial charge in [-0.15, -0.1) is 11.3 Å². The third-order valence-corrected chi connectivity index (χ3v) is 4.62. The SMILES string of the molecule is [C-]#[N+]c1cc(C)cc(-c2cc(Cl)c(C(C)C)s2)c1. The third-order valence-electron chi connectivity index (χ3n) is 2.71. The first-order valence-corrected chi connectivity index (χ1v) is 6.99. The first-order valence-electron chi connectivity index (χ1n) is 5.80. The van der Waals surface area contributed by atoms with E-state index in [-0.39, 0.29) is 0 Å². The monoisotopic (exact) mass is 275 g/mol. The van der Waals surface area contributed by atoms with Crippen molar-refractivity contribution in [2.24, 2.45) is 0 Å². The molecule has 0 aliphatic heterocycles. The Labute approximate surface area is 117 Å². The first kappa shape index (κ1) is 13.1. The second-order valence-electron chi connectivity index (χ2n) is 4.65. The van der Waals surface area contributed by atoms with Crippen LogP contribution < -0.4 is 0 Å². The summed E-state index contributed by atoms with van der Waals surface area (Å²) in [6, 6.07) is 7.92. The summed E-state index contributed by atoms with van der Waals surface area (Å²) in [5, 5.41) is 0.830. The minimum absolute atomic E-state index is 0.432. The molecule has 0 saturated carbocycles. The summed E-state index contributed by atoms with van der Waals surface area (Å²) in [6.07, 6.45) is 0. The molecule has 18 heavy (non-hydrogen) atoms. The van der Waals surface area contributed by atoms with Crippen molar-refractivity contribution in [3.8, 4) is 10.4 Å². The molecule has 0 aliphatic carbocycles. The van der Waals surface area contributed by atoms with Gasteiger partial charge >= 0.3 is 0 Å². The van der Waals surface area contributed by atoms with Gasteiger partial charge in [-0.05, 0) is 30.5 Å². The Morgan fingerprint density at radius 1 is 1.22 bits per heavy atom. The van der Waals surface area contributed by atoms with Gasteiger partial charge in [0.15, 0.2) is 5.69 Å². The molecular formula is C15H14ClNS. The van der Waals surface area contributed by atoms with E-state index in [0.29, 0.717) is 11.6 Å². The number of halogens is 1. The summed E-state index contributed by atoms with van der Waals surface area (Å²) in [4.78, 5) is 5.85. The lowest BCUT2D eigenvalue weighted by Crippen LogP contribution is -1.79. The van der Waals surface area contributed by atoms with Gasteiger partial charge in [-0.1, -0.05) is 43.1 Å². The van der Waals surface area contributed by atoms with Crippen LogP contribution in [0.4, 0.5) is 5.69 Å². The van der Waals surface area contributed by atoms with Crippen molar-refractivity contribution in [1.29, 1.82) is 0 Å². The molecule has 1 nitrogen and oxygen atoms in total. The van der Waals surface area contributed by atoms with Crippen LogP contribution in [0.3, 0.4) is 0 Å². The molecule has 1 heterocycles. The van der Waals surface area contributed by atoms with Crippen LogP contribution in [0.15, 0.2) is 24.3 Å². The maximum Gasteiger partial charge on any atom is 0.188 e. The topological polar surface area (TPSA) is 4.36 Å². The molecule has 3 heteroatoms. The summed E-state index contributed by atoms with van der Waals surface area (Å²) >= 11 is 7.97. The van der Waals surface area contributed by atoms with Crippen molar-refractivity contribution >= 4 is 28.6 Å². The second kappa shape index (κ2) is 5.14. The minimum atomic E-state index is 0.432. The fraction of sp³-hybridized carbons (Fsp3) is 0.267. The number of thiophene rings is 1. The standard InChI is InChI=1S/C15H14ClNS/c1-9(2)15-13(16)8-14(18-15)11-5-10(3)6-12(7-11)17-4/h5-9H,1-3H3. The molecule has 0 radical (unpaired) electrons. The minimum Gasteiger partial charge on any atom is -0.238 e. The predicted octanol–water partition coefficient (Wildman–Crippen LogP) is 6.05. The Balaban J connectivity index is 2.52. The average molecular weight is 276 g/mol. The van der Waals surface area contributed by atoms with Gasteiger partial charge in [0, 0.05) is 9.75 Å². The fourth-order valence-electron chi connectivity index (χ4n) is 1.89. The molecule has 0 spiro atoms. The van der Waals surface area contributed by atoms with Gasteiger partial charge in [0.25, 0.3) is 0 Å². The van der Waals surface area contributed by atoms with Crippen LogP contribution in [0.25, 0.3) is 15.3 Å². The highest BCUT2D eigenvalue weighted by Crippen LogP contribution is 2.39. The Kier molecular flexibility index (Phi) is 3.75. The zero-order chi connectivity index (χ0) is 13.3. The summed E-state index contributed by atoms with van der Waals surface area (Å²) in [5.41, 5.74) is 2.87. The molecule has 0 N–H and O–H groups in total. The summed E-state index contributed by atoms with van der Waals surface area (Å²) < 4.78 is 0. The van der Waals surface area contributed by atoms with Crippen molar-refractivity contribution < 1.29 is 0 Å². The van der Waals surface area contributed by atoms with Crippen molar-refractivity contribution in [1.82, 2.24) is 0 Å². The van der Waals surface area contributed by atoms with Gasteiger partial charge < -0.3 is 0 Å². The molecule has 0 saturated heterocycles. The predicted molar refractivity (Wildman–Crippen MR) is 79.9 cm³/mol. The first-order chi connectivity index (χ1) is 8.51. The highest BCUT2D eigenvalue weighted by molar-refractivity contribution is 7.16. The number of hydrogen-bond acceptors (Lipinski definition) is 1. The molecule has 0 atom stereocenters. The van der Waals surface area contributed by atoms with Gasteiger partial charge in [0.2, 0.25) is 0 Å². The van der Waals surface area contributed by atoms with E-state index in [4.69, 9.17) is 18.2 Å². The Morgan fingerprint density at radius 2 is 1.94 bits per heavy atom. The van der Waals surface area contributed by atoms with E-state index in [2.05, 4.69) is 24.8 Å². The van der Waals surface area contributed by atoms with E-state index >= 15 is 0 Å². The lowest BCUT2D eigenvalue weighted by Gasteiger charge is -2.02. The van der Waals surface area contributed by atoms with Crippen LogP contribution >= 0.6 is 22.9 Å². The van der Waals surface area contributed by atoms with Gasteiger partial charge in [0.05, 0.1) is 11.6 Å². The quantitative estimate of drug-likeness (QED) is 0.588.